The van der Waals surface area contributed by atoms with Crippen LogP contribution in [0.5, 0.6) is 0 Å². The number of hydrogen-bond donors (Lipinski definition) is 2. The molecule has 0 aliphatic carbocycles. The Hall–Kier alpha value is -0.430. The lowest BCUT2D eigenvalue weighted by Crippen LogP contribution is -2.42. The van der Waals surface area contributed by atoms with Gasteiger partial charge in [0.15, 0.2) is 0 Å². The van der Waals surface area contributed by atoms with Gasteiger partial charge in [0.05, 0.1) is 18.3 Å². The number of benzene rings is 1. The molecule has 6 heteroatoms. The topological polar surface area (TPSA) is 52.6 Å². The molecule has 1 aromatic rings. The van der Waals surface area contributed by atoms with Crippen molar-refractivity contribution in [2.75, 3.05) is 25.0 Å². The van der Waals surface area contributed by atoms with Gasteiger partial charge in [-0.25, -0.2) is 0 Å². The van der Waals surface area contributed by atoms with Gasteiger partial charge in [-0.1, -0.05) is 15.9 Å². The van der Waals surface area contributed by atoms with Crippen molar-refractivity contribution in [3.63, 3.8) is 0 Å². The fraction of sp³-hybridized carbons (Fsp3) is 0.462. The van der Waals surface area contributed by atoms with Crippen molar-refractivity contribution < 1.29 is 9.90 Å². The highest BCUT2D eigenvalue weighted by molar-refractivity contribution is 9.11. The minimum Gasteiger partial charge on any atom is -0.392 e. The van der Waals surface area contributed by atoms with Crippen LogP contribution in [0.2, 0.25) is 0 Å². The molecule has 2 rings (SSSR count). The molecule has 1 atom stereocenters. The second-order valence-corrected chi connectivity index (χ2v) is 6.47. The molecule has 104 valence electrons. The van der Waals surface area contributed by atoms with Gasteiger partial charge in [0.2, 0.25) is 5.91 Å². The Morgan fingerprint density at radius 1 is 1.47 bits per heavy atom. The third-order valence-electron chi connectivity index (χ3n) is 3.05. The molecule has 1 aliphatic rings. The van der Waals surface area contributed by atoms with Crippen molar-refractivity contribution in [1.29, 1.82) is 0 Å². The molecule has 19 heavy (non-hydrogen) atoms. The summed E-state index contributed by atoms with van der Waals surface area (Å²) in [4.78, 5) is 13.9. The van der Waals surface area contributed by atoms with E-state index in [-0.39, 0.29) is 12.0 Å². The quantitative estimate of drug-likeness (QED) is 0.832. The molecule has 1 fully saturated rings. The summed E-state index contributed by atoms with van der Waals surface area (Å²) < 4.78 is 1.80. The minimum absolute atomic E-state index is 0.0582. The number of β-amino-alcohol motifs (C(OH)–C–C–N with tert-alkyl or cyclic N) is 1. The number of nitrogens with zero attached hydrogens (tertiary/aromatic N) is 1. The number of hydrogen-bond acceptors (Lipinski definition) is 3. The van der Waals surface area contributed by atoms with E-state index in [0.717, 1.165) is 34.0 Å². The number of halogens is 2. The molecule has 4 nitrogen and oxygen atoms in total. The number of anilines is 1. The third kappa shape index (κ3) is 4.56. The first kappa shape index (κ1) is 15.0. The van der Waals surface area contributed by atoms with Crippen molar-refractivity contribution >= 4 is 43.5 Å². The molecule has 1 amide bonds. The fourth-order valence-electron chi connectivity index (χ4n) is 2.16. The van der Waals surface area contributed by atoms with Gasteiger partial charge in [-0.2, -0.15) is 0 Å². The second kappa shape index (κ2) is 6.83. The van der Waals surface area contributed by atoms with Gasteiger partial charge in [0.25, 0.3) is 0 Å². The van der Waals surface area contributed by atoms with E-state index in [0.29, 0.717) is 13.1 Å². The predicted octanol–water partition coefficient (Wildman–Crippen LogP) is 2.61. The van der Waals surface area contributed by atoms with Gasteiger partial charge in [0.1, 0.15) is 0 Å². The first-order valence-electron chi connectivity index (χ1n) is 6.20. The highest BCUT2D eigenvalue weighted by atomic mass is 79.9. The van der Waals surface area contributed by atoms with Gasteiger partial charge >= 0.3 is 0 Å². The van der Waals surface area contributed by atoms with Crippen LogP contribution >= 0.6 is 31.9 Å². The molecule has 0 saturated carbocycles. The molecule has 0 radical (unpaired) electrons. The Kier molecular flexibility index (Phi) is 5.38. The number of aliphatic hydroxyl groups excluding tert-OH is 1. The zero-order chi connectivity index (χ0) is 13.8. The smallest absolute Gasteiger partial charge is 0.238 e. The molecular weight excluding hydrogens is 376 g/mol. The molecule has 0 unspecified atom stereocenters. The largest absolute Gasteiger partial charge is 0.392 e. The zero-order valence-corrected chi connectivity index (χ0v) is 13.6. The van der Waals surface area contributed by atoms with Gasteiger partial charge in [-0.05, 0) is 53.5 Å². The monoisotopic (exact) mass is 390 g/mol. The van der Waals surface area contributed by atoms with Crippen LogP contribution in [0.25, 0.3) is 0 Å². The summed E-state index contributed by atoms with van der Waals surface area (Å²) in [5, 5.41) is 12.4. The number of carbonyl (C=O) groups is 1. The molecule has 0 bridgehead atoms. The van der Waals surface area contributed by atoms with E-state index in [2.05, 4.69) is 37.2 Å². The molecular formula is C13H16Br2N2O2. The summed E-state index contributed by atoms with van der Waals surface area (Å²) in [5.74, 6) is -0.0582. The van der Waals surface area contributed by atoms with E-state index in [1.54, 1.807) is 0 Å². The van der Waals surface area contributed by atoms with Crippen LogP contribution in [0.3, 0.4) is 0 Å². The zero-order valence-electron chi connectivity index (χ0n) is 10.4. The van der Waals surface area contributed by atoms with Gasteiger partial charge in [-0.3, -0.25) is 9.69 Å². The summed E-state index contributed by atoms with van der Waals surface area (Å²) in [5.41, 5.74) is 0.755. The third-order valence-corrected chi connectivity index (χ3v) is 4.20. The number of nitrogens with one attached hydrogen (secondary N) is 1. The second-order valence-electron chi connectivity index (χ2n) is 4.70. The molecule has 1 saturated heterocycles. The first-order valence-corrected chi connectivity index (χ1v) is 7.78. The number of aliphatic hydroxyl groups is 1. The Labute approximate surface area is 129 Å². The highest BCUT2D eigenvalue weighted by Gasteiger charge is 2.19. The summed E-state index contributed by atoms with van der Waals surface area (Å²) in [7, 11) is 0. The number of amides is 1. The Bertz CT molecular complexity index is 468. The lowest BCUT2D eigenvalue weighted by atomic mass is 10.1. The van der Waals surface area contributed by atoms with E-state index in [1.807, 2.05) is 23.1 Å². The molecule has 2 N–H and O–H groups in total. The van der Waals surface area contributed by atoms with Gasteiger partial charge in [0, 0.05) is 15.5 Å². The van der Waals surface area contributed by atoms with Crippen molar-refractivity contribution in [3.05, 3.63) is 27.1 Å². The van der Waals surface area contributed by atoms with Crippen LogP contribution in [-0.4, -0.2) is 41.7 Å². The lowest BCUT2D eigenvalue weighted by Gasteiger charge is -2.29. The van der Waals surface area contributed by atoms with Crippen LogP contribution < -0.4 is 5.32 Å². The van der Waals surface area contributed by atoms with E-state index < -0.39 is 0 Å². The normalized spacial score (nSPS) is 20.3. The van der Waals surface area contributed by atoms with Crippen molar-refractivity contribution in [1.82, 2.24) is 4.90 Å². The van der Waals surface area contributed by atoms with Crippen LogP contribution in [-0.2, 0) is 4.79 Å². The SMILES string of the molecule is O=C(CN1CCC[C@H](O)C1)Nc1ccc(Br)cc1Br. The molecule has 0 aromatic heterocycles. The Balaban J connectivity index is 1.90. The Morgan fingerprint density at radius 3 is 2.95 bits per heavy atom. The maximum absolute atomic E-state index is 12.0. The highest BCUT2D eigenvalue weighted by Crippen LogP contribution is 2.26. The Morgan fingerprint density at radius 2 is 2.26 bits per heavy atom. The van der Waals surface area contributed by atoms with E-state index in [1.165, 1.54) is 0 Å². The summed E-state index contributed by atoms with van der Waals surface area (Å²) in [6, 6.07) is 5.61. The van der Waals surface area contributed by atoms with Crippen molar-refractivity contribution in [2.24, 2.45) is 0 Å². The molecule has 1 aliphatic heterocycles. The standard InChI is InChI=1S/C13H16Br2N2O2/c14-9-3-4-12(11(15)6-9)16-13(19)8-17-5-1-2-10(18)7-17/h3-4,6,10,18H,1-2,5,7-8H2,(H,16,19)/t10-/m0/s1. The lowest BCUT2D eigenvalue weighted by molar-refractivity contribution is -0.118. The number of carbonyl (C=O) groups excluding carboxylic acids is 1. The number of likely N-dealkylation sites (tertiary alicyclic amines) is 1. The van der Waals surface area contributed by atoms with Crippen LogP contribution in [0.1, 0.15) is 12.8 Å². The first-order chi connectivity index (χ1) is 9.04. The van der Waals surface area contributed by atoms with Gasteiger partial charge < -0.3 is 10.4 Å². The minimum atomic E-state index is -0.305. The molecule has 1 heterocycles. The molecule has 0 spiro atoms. The maximum atomic E-state index is 12.0. The summed E-state index contributed by atoms with van der Waals surface area (Å²) in [6.45, 7) is 1.76. The van der Waals surface area contributed by atoms with Crippen molar-refractivity contribution in [3.8, 4) is 0 Å². The average molecular weight is 392 g/mol. The van der Waals surface area contributed by atoms with Crippen LogP contribution in [0, 0.1) is 0 Å². The fourth-order valence-corrected chi connectivity index (χ4v) is 3.30. The van der Waals surface area contributed by atoms with E-state index in [4.69, 9.17) is 0 Å². The number of piperidine rings is 1. The van der Waals surface area contributed by atoms with Crippen molar-refractivity contribution in [2.45, 2.75) is 18.9 Å². The maximum Gasteiger partial charge on any atom is 0.238 e. The molecule has 1 aromatic carbocycles. The predicted molar refractivity (Wildman–Crippen MR) is 82.2 cm³/mol. The average Bonchev–Trinajstić information content (AvgIpc) is 2.33. The van der Waals surface area contributed by atoms with Crippen LogP contribution in [0.4, 0.5) is 5.69 Å². The van der Waals surface area contributed by atoms with E-state index in [9.17, 15) is 9.90 Å². The van der Waals surface area contributed by atoms with E-state index >= 15 is 0 Å². The van der Waals surface area contributed by atoms with Crippen LogP contribution in [0.15, 0.2) is 27.1 Å². The number of rotatable bonds is 3. The summed E-state index contributed by atoms with van der Waals surface area (Å²) >= 11 is 6.78. The van der Waals surface area contributed by atoms with Gasteiger partial charge in [-0.15, -0.1) is 0 Å². The summed E-state index contributed by atoms with van der Waals surface area (Å²) in [6.07, 6.45) is 1.47.